The zero-order chi connectivity index (χ0) is 17.9. The van der Waals surface area contributed by atoms with E-state index in [0.29, 0.717) is 26.1 Å². The number of likely N-dealkylation sites (tertiary alicyclic amines) is 1. The number of amides is 3. The molecule has 2 rings (SSSR count). The van der Waals surface area contributed by atoms with Crippen LogP contribution in [0.1, 0.15) is 40.0 Å². The third kappa shape index (κ3) is 4.83. The maximum atomic E-state index is 12.3. The molecule has 2 fully saturated rings. The van der Waals surface area contributed by atoms with Gasteiger partial charge in [-0.15, -0.1) is 0 Å². The van der Waals surface area contributed by atoms with Crippen LogP contribution in [0.4, 0.5) is 4.79 Å². The second kappa shape index (κ2) is 7.38. The molecular formula is C16H27N3O5. The Hall–Kier alpha value is -1.83. The summed E-state index contributed by atoms with van der Waals surface area (Å²) < 4.78 is 5.20. The van der Waals surface area contributed by atoms with Crippen LogP contribution in [0.5, 0.6) is 0 Å². The number of nitrogens with one attached hydrogen (secondary N) is 2. The molecule has 0 aromatic heterocycles. The predicted molar refractivity (Wildman–Crippen MR) is 86.1 cm³/mol. The lowest BCUT2D eigenvalue weighted by Crippen LogP contribution is -2.56. The van der Waals surface area contributed by atoms with E-state index in [1.165, 1.54) is 0 Å². The molecule has 2 unspecified atom stereocenters. The van der Waals surface area contributed by atoms with Crippen LogP contribution in [-0.4, -0.2) is 65.3 Å². The van der Waals surface area contributed by atoms with Crippen molar-refractivity contribution in [3.8, 4) is 0 Å². The number of hydrogen-bond donors (Lipinski definition) is 3. The van der Waals surface area contributed by atoms with Crippen LogP contribution in [0.25, 0.3) is 0 Å². The Bertz CT molecular complexity index is 498. The van der Waals surface area contributed by atoms with E-state index in [-0.39, 0.29) is 18.2 Å². The molecule has 3 amide bonds. The molecule has 2 saturated heterocycles. The van der Waals surface area contributed by atoms with Crippen molar-refractivity contribution in [3.63, 3.8) is 0 Å². The van der Waals surface area contributed by atoms with Gasteiger partial charge in [-0.25, -0.2) is 4.79 Å². The monoisotopic (exact) mass is 341 g/mol. The van der Waals surface area contributed by atoms with Crippen molar-refractivity contribution in [2.45, 2.75) is 57.8 Å². The van der Waals surface area contributed by atoms with E-state index in [0.717, 1.165) is 6.42 Å². The SMILES string of the molecule is CC(C)(C)OC(=O)NC(C[C@@H]1CCNC1=O)C(O)C(=O)N1CCC1. The van der Waals surface area contributed by atoms with Crippen LogP contribution in [0.3, 0.4) is 0 Å². The topological polar surface area (TPSA) is 108 Å². The Morgan fingerprint density at radius 3 is 2.54 bits per heavy atom. The highest BCUT2D eigenvalue weighted by Gasteiger charge is 2.37. The Balaban J connectivity index is 2.03. The van der Waals surface area contributed by atoms with E-state index in [9.17, 15) is 19.5 Å². The summed E-state index contributed by atoms with van der Waals surface area (Å²) in [6, 6.07) is -0.859. The molecule has 0 saturated carbocycles. The summed E-state index contributed by atoms with van der Waals surface area (Å²) in [5, 5.41) is 15.7. The first-order valence-electron chi connectivity index (χ1n) is 8.41. The van der Waals surface area contributed by atoms with Gasteiger partial charge in [0.1, 0.15) is 5.60 Å². The lowest BCUT2D eigenvalue weighted by molar-refractivity contribution is -0.145. The summed E-state index contributed by atoms with van der Waals surface area (Å²) >= 11 is 0. The second-order valence-electron chi connectivity index (χ2n) is 7.39. The summed E-state index contributed by atoms with van der Waals surface area (Å²) in [7, 11) is 0. The van der Waals surface area contributed by atoms with Crippen LogP contribution in [0.2, 0.25) is 0 Å². The largest absolute Gasteiger partial charge is 0.444 e. The van der Waals surface area contributed by atoms with Gasteiger partial charge in [-0.05, 0) is 40.0 Å². The van der Waals surface area contributed by atoms with E-state index in [1.54, 1.807) is 25.7 Å². The molecule has 0 aromatic carbocycles. The van der Waals surface area contributed by atoms with E-state index in [1.807, 2.05) is 0 Å². The average Bonchev–Trinajstić information content (AvgIpc) is 2.78. The smallest absolute Gasteiger partial charge is 0.407 e. The van der Waals surface area contributed by atoms with Crippen LogP contribution < -0.4 is 10.6 Å². The van der Waals surface area contributed by atoms with Crippen molar-refractivity contribution in [3.05, 3.63) is 0 Å². The minimum absolute atomic E-state index is 0.116. The molecular weight excluding hydrogens is 314 g/mol. The number of nitrogens with zero attached hydrogens (tertiary/aromatic N) is 1. The average molecular weight is 341 g/mol. The first-order chi connectivity index (χ1) is 11.2. The predicted octanol–water partition coefficient (Wildman–Crippen LogP) is -0.000900. The van der Waals surface area contributed by atoms with Gasteiger partial charge in [-0.3, -0.25) is 9.59 Å². The van der Waals surface area contributed by atoms with Gasteiger partial charge in [0.2, 0.25) is 5.91 Å². The fourth-order valence-electron chi connectivity index (χ4n) is 2.80. The van der Waals surface area contributed by atoms with Gasteiger partial charge in [0.05, 0.1) is 6.04 Å². The zero-order valence-corrected chi connectivity index (χ0v) is 14.5. The molecule has 0 aliphatic carbocycles. The van der Waals surface area contributed by atoms with Crippen molar-refractivity contribution in [2.24, 2.45) is 5.92 Å². The third-order valence-corrected chi connectivity index (χ3v) is 4.21. The van der Waals surface area contributed by atoms with Crippen LogP contribution in [-0.2, 0) is 14.3 Å². The molecule has 0 aromatic rings. The summed E-state index contributed by atoms with van der Waals surface area (Å²) in [4.78, 5) is 37.6. The molecule has 0 bridgehead atoms. The van der Waals surface area contributed by atoms with Gasteiger partial charge < -0.3 is 25.4 Å². The number of ether oxygens (including phenoxy) is 1. The molecule has 3 atom stereocenters. The molecule has 0 spiro atoms. The number of carbonyl (C=O) groups excluding carboxylic acids is 3. The van der Waals surface area contributed by atoms with Gasteiger partial charge in [-0.1, -0.05) is 0 Å². The van der Waals surface area contributed by atoms with Crippen LogP contribution >= 0.6 is 0 Å². The van der Waals surface area contributed by atoms with Gasteiger partial charge >= 0.3 is 6.09 Å². The maximum Gasteiger partial charge on any atom is 0.407 e. The van der Waals surface area contributed by atoms with Gasteiger partial charge in [0.25, 0.3) is 5.91 Å². The number of carbonyl (C=O) groups is 3. The highest BCUT2D eigenvalue weighted by molar-refractivity contribution is 5.84. The van der Waals surface area contributed by atoms with Gasteiger partial charge in [0, 0.05) is 25.6 Å². The highest BCUT2D eigenvalue weighted by atomic mass is 16.6. The number of aliphatic hydroxyl groups excluding tert-OH is 1. The standard InChI is InChI=1S/C16H27N3O5/c1-16(2,3)24-15(23)18-11(9-10-5-6-17-13(10)21)12(20)14(22)19-7-4-8-19/h10-12,20H,4-9H2,1-3H3,(H,17,21)(H,18,23)/t10-,11?,12?/m0/s1. The van der Waals surface area contributed by atoms with E-state index >= 15 is 0 Å². The number of aliphatic hydroxyl groups is 1. The van der Waals surface area contributed by atoms with Crippen molar-refractivity contribution in [1.29, 1.82) is 0 Å². The Morgan fingerprint density at radius 1 is 1.42 bits per heavy atom. The number of hydrogen-bond acceptors (Lipinski definition) is 5. The summed E-state index contributed by atoms with van der Waals surface area (Å²) in [5.41, 5.74) is -0.689. The molecule has 2 heterocycles. The molecule has 2 aliphatic heterocycles. The van der Waals surface area contributed by atoms with Gasteiger partial charge in [0.15, 0.2) is 6.10 Å². The van der Waals surface area contributed by atoms with Crippen LogP contribution in [0.15, 0.2) is 0 Å². The lowest BCUT2D eigenvalue weighted by atomic mass is 9.94. The molecule has 8 heteroatoms. The first-order valence-corrected chi connectivity index (χ1v) is 8.41. The Morgan fingerprint density at radius 2 is 2.08 bits per heavy atom. The quantitative estimate of drug-likeness (QED) is 0.652. The second-order valence-corrected chi connectivity index (χ2v) is 7.39. The fraction of sp³-hybridized carbons (Fsp3) is 0.812. The normalized spacial score (nSPS) is 23.1. The molecule has 0 radical (unpaired) electrons. The first kappa shape index (κ1) is 18.5. The Kier molecular flexibility index (Phi) is 5.69. The van der Waals surface area contributed by atoms with E-state index < -0.39 is 29.7 Å². The maximum absolute atomic E-state index is 12.3. The molecule has 136 valence electrons. The minimum Gasteiger partial charge on any atom is -0.444 e. The van der Waals surface area contributed by atoms with Crippen molar-refractivity contribution in [2.75, 3.05) is 19.6 Å². The Labute approximate surface area is 141 Å². The fourth-order valence-corrected chi connectivity index (χ4v) is 2.80. The molecule has 8 nitrogen and oxygen atoms in total. The molecule has 2 aliphatic rings. The molecule has 3 N–H and O–H groups in total. The summed E-state index contributed by atoms with van der Waals surface area (Å²) in [6.45, 7) is 6.98. The highest BCUT2D eigenvalue weighted by Crippen LogP contribution is 2.20. The van der Waals surface area contributed by atoms with Crippen molar-refractivity contribution >= 4 is 17.9 Å². The summed E-state index contributed by atoms with van der Waals surface area (Å²) in [5.74, 6) is -0.862. The third-order valence-electron chi connectivity index (χ3n) is 4.21. The van der Waals surface area contributed by atoms with E-state index in [4.69, 9.17) is 4.74 Å². The van der Waals surface area contributed by atoms with Crippen LogP contribution in [0, 0.1) is 5.92 Å². The lowest BCUT2D eigenvalue weighted by Gasteiger charge is -2.35. The molecule has 24 heavy (non-hydrogen) atoms. The minimum atomic E-state index is -1.38. The zero-order valence-electron chi connectivity index (χ0n) is 14.5. The number of rotatable bonds is 5. The van der Waals surface area contributed by atoms with Crippen molar-refractivity contribution in [1.82, 2.24) is 15.5 Å². The van der Waals surface area contributed by atoms with Crippen molar-refractivity contribution < 1.29 is 24.2 Å². The van der Waals surface area contributed by atoms with Gasteiger partial charge in [-0.2, -0.15) is 0 Å². The number of alkyl carbamates (subject to hydrolysis) is 1. The summed E-state index contributed by atoms with van der Waals surface area (Å²) in [6.07, 6.45) is -0.359. The van der Waals surface area contributed by atoms with E-state index in [2.05, 4.69) is 10.6 Å².